The number of hydrogen-bond acceptors (Lipinski definition) is 2. The number of carbonyl (C=O) groups excluding carboxylic acids is 1. The molecule has 0 spiro atoms. The molecule has 0 unspecified atom stereocenters. The highest BCUT2D eigenvalue weighted by molar-refractivity contribution is 5.76. The van der Waals surface area contributed by atoms with Gasteiger partial charge < -0.3 is 10.6 Å². The van der Waals surface area contributed by atoms with Crippen LogP contribution in [0.15, 0.2) is 0 Å². The average molecular weight is 192 g/mol. The molecule has 3 nitrogen and oxygen atoms in total. The number of rotatable bonds is 2. The molecule has 76 valence electrons. The van der Waals surface area contributed by atoms with E-state index in [2.05, 4.69) is 0 Å². The monoisotopic (exact) mass is 192 g/mol. The molecule has 0 atom stereocenters. The maximum Gasteiger partial charge on any atom is 0.251 e. The van der Waals surface area contributed by atoms with E-state index in [-0.39, 0.29) is 44.8 Å². The predicted molar refractivity (Wildman–Crippen MR) is 44.4 cm³/mol. The Balaban J connectivity index is 2.36. The van der Waals surface area contributed by atoms with Gasteiger partial charge in [0.1, 0.15) is 0 Å². The molecule has 5 heteroatoms. The van der Waals surface area contributed by atoms with E-state index in [0.29, 0.717) is 0 Å². The lowest BCUT2D eigenvalue weighted by molar-refractivity contribution is -0.137. The first-order valence-electron chi connectivity index (χ1n) is 4.41. The highest BCUT2D eigenvalue weighted by Gasteiger charge is 2.35. The Morgan fingerprint density at radius 2 is 1.92 bits per heavy atom. The molecule has 1 saturated heterocycles. The second-order valence-electron chi connectivity index (χ2n) is 3.28. The largest absolute Gasteiger partial charge is 0.342 e. The van der Waals surface area contributed by atoms with Gasteiger partial charge in [-0.1, -0.05) is 0 Å². The van der Waals surface area contributed by atoms with Crippen molar-refractivity contribution >= 4 is 5.91 Å². The van der Waals surface area contributed by atoms with Gasteiger partial charge in [-0.25, -0.2) is 8.78 Å². The van der Waals surface area contributed by atoms with Crippen molar-refractivity contribution in [3.63, 3.8) is 0 Å². The van der Waals surface area contributed by atoms with Crippen LogP contribution in [0.5, 0.6) is 0 Å². The number of amides is 1. The normalized spacial score (nSPS) is 21.6. The van der Waals surface area contributed by atoms with Crippen LogP contribution in [0.4, 0.5) is 8.78 Å². The van der Waals surface area contributed by atoms with Crippen molar-refractivity contribution in [3.8, 4) is 0 Å². The SMILES string of the molecule is NCCC(=O)N1CCC(F)(F)CC1. The molecule has 1 heterocycles. The second-order valence-corrected chi connectivity index (χ2v) is 3.28. The molecule has 1 rings (SSSR count). The maximum absolute atomic E-state index is 12.7. The van der Waals surface area contributed by atoms with Gasteiger partial charge >= 0.3 is 0 Å². The van der Waals surface area contributed by atoms with Gasteiger partial charge in [-0.05, 0) is 0 Å². The smallest absolute Gasteiger partial charge is 0.251 e. The zero-order valence-corrected chi connectivity index (χ0v) is 7.43. The molecule has 2 N–H and O–H groups in total. The van der Waals surface area contributed by atoms with E-state index in [1.165, 1.54) is 4.90 Å². The third kappa shape index (κ3) is 2.91. The van der Waals surface area contributed by atoms with Gasteiger partial charge in [0, 0.05) is 38.9 Å². The first kappa shape index (κ1) is 10.4. The number of hydrogen-bond donors (Lipinski definition) is 1. The lowest BCUT2D eigenvalue weighted by atomic mass is 10.1. The van der Waals surface area contributed by atoms with Gasteiger partial charge in [-0.15, -0.1) is 0 Å². The standard InChI is InChI=1S/C8H14F2N2O/c9-8(10)2-5-12(6-3-8)7(13)1-4-11/h1-6,11H2. The van der Waals surface area contributed by atoms with E-state index in [4.69, 9.17) is 5.73 Å². The van der Waals surface area contributed by atoms with Gasteiger partial charge in [0.25, 0.3) is 5.92 Å². The molecule has 1 aliphatic rings. The Labute approximate surface area is 75.9 Å². The van der Waals surface area contributed by atoms with Crippen LogP contribution in [0.2, 0.25) is 0 Å². The van der Waals surface area contributed by atoms with E-state index in [1.54, 1.807) is 0 Å². The zero-order valence-electron chi connectivity index (χ0n) is 7.43. The van der Waals surface area contributed by atoms with E-state index in [0.717, 1.165) is 0 Å². The van der Waals surface area contributed by atoms with Gasteiger partial charge in [-0.2, -0.15) is 0 Å². The average Bonchev–Trinajstić information content (AvgIpc) is 2.04. The minimum Gasteiger partial charge on any atom is -0.342 e. The van der Waals surface area contributed by atoms with Crippen LogP contribution in [0.25, 0.3) is 0 Å². The number of likely N-dealkylation sites (tertiary alicyclic amines) is 1. The van der Waals surface area contributed by atoms with Crippen LogP contribution in [0.1, 0.15) is 19.3 Å². The molecule has 1 fully saturated rings. The summed E-state index contributed by atoms with van der Waals surface area (Å²) < 4.78 is 25.3. The van der Waals surface area contributed by atoms with Crippen molar-refractivity contribution in [3.05, 3.63) is 0 Å². The molecule has 0 aromatic carbocycles. The maximum atomic E-state index is 12.7. The molecule has 0 radical (unpaired) electrons. The summed E-state index contributed by atoms with van der Waals surface area (Å²) >= 11 is 0. The summed E-state index contributed by atoms with van der Waals surface area (Å²) in [5.41, 5.74) is 5.19. The van der Waals surface area contributed by atoms with Gasteiger partial charge in [0.2, 0.25) is 5.91 Å². The number of carbonyl (C=O) groups is 1. The number of piperidine rings is 1. The number of halogens is 2. The Morgan fingerprint density at radius 3 is 2.38 bits per heavy atom. The number of alkyl halides is 2. The second kappa shape index (κ2) is 4.00. The highest BCUT2D eigenvalue weighted by atomic mass is 19.3. The fourth-order valence-electron chi connectivity index (χ4n) is 1.36. The van der Waals surface area contributed by atoms with Crippen LogP contribution in [-0.2, 0) is 4.79 Å². The molecule has 13 heavy (non-hydrogen) atoms. The van der Waals surface area contributed by atoms with Crippen LogP contribution >= 0.6 is 0 Å². The van der Waals surface area contributed by atoms with E-state index < -0.39 is 5.92 Å². The van der Waals surface area contributed by atoms with Crippen molar-refractivity contribution in [2.24, 2.45) is 5.73 Å². The van der Waals surface area contributed by atoms with Crippen LogP contribution < -0.4 is 5.73 Å². The first-order valence-corrected chi connectivity index (χ1v) is 4.41. The topological polar surface area (TPSA) is 46.3 Å². The zero-order chi connectivity index (χ0) is 9.90. The minimum atomic E-state index is -2.58. The summed E-state index contributed by atoms with van der Waals surface area (Å²) in [6.07, 6.45) is -0.182. The lowest BCUT2D eigenvalue weighted by Crippen LogP contribution is -2.43. The summed E-state index contributed by atoms with van der Waals surface area (Å²) in [6.45, 7) is 0.601. The summed E-state index contributed by atoms with van der Waals surface area (Å²) in [4.78, 5) is 12.7. The van der Waals surface area contributed by atoms with Crippen molar-refractivity contribution < 1.29 is 13.6 Å². The lowest BCUT2D eigenvalue weighted by Gasteiger charge is -2.31. The van der Waals surface area contributed by atoms with E-state index >= 15 is 0 Å². The summed E-state index contributed by atoms with van der Waals surface area (Å²) in [7, 11) is 0. The molecule has 0 aromatic rings. The third-order valence-electron chi connectivity index (χ3n) is 2.21. The quantitative estimate of drug-likeness (QED) is 0.696. The number of nitrogens with two attached hydrogens (primary N) is 1. The van der Waals surface area contributed by atoms with Crippen molar-refractivity contribution in [1.82, 2.24) is 4.90 Å². The Kier molecular flexibility index (Phi) is 3.19. The summed E-state index contributed by atoms with van der Waals surface area (Å²) in [5.74, 6) is -2.70. The molecular formula is C8H14F2N2O. The summed E-state index contributed by atoms with van der Waals surface area (Å²) in [5, 5.41) is 0. The van der Waals surface area contributed by atoms with Crippen LogP contribution in [0.3, 0.4) is 0 Å². The van der Waals surface area contributed by atoms with Crippen molar-refractivity contribution in [1.29, 1.82) is 0 Å². The Morgan fingerprint density at radius 1 is 1.38 bits per heavy atom. The van der Waals surface area contributed by atoms with E-state index in [9.17, 15) is 13.6 Å². The number of nitrogens with zero attached hydrogens (tertiary/aromatic N) is 1. The van der Waals surface area contributed by atoms with Crippen molar-refractivity contribution in [2.75, 3.05) is 19.6 Å². The van der Waals surface area contributed by atoms with Gasteiger partial charge in [0.15, 0.2) is 0 Å². The molecule has 0 aliphatic carbocycles. The van der Waals surface area contributed by atoms with Crippen LogP contribution in [0, 0.1) is 0 Å². The highest BCUT2D eigenvalue weighted by Crippen LogP contribution is 2.27. The molecule has 0 bridgehead atoms. The van der Waals surface area contributed by atoms with Gasteiger partial charge in [0.05, 0.1) is 0 Å². The van der Waals surface area contributed by atoms with Gasteiger partial charge in [-0.3, -0.25) is 4.79 Å². The minimum absolute atomic E-state index is 0.113. The van der Waals surface area contributed by atoms with Crippen molar-refractivity contribution in [2.45, 2.75) is 25.2 Å². The molecule has 0 aromatic heterocycles. The fraction of sp³-hybridized carbons (Fsp3) is 0.875. The molecule has 1 amide bonds. The first-order chi connectivity index (χ1) is 6.05. The van der Waals surface area contributed by atoms with E-state index in [1.807, 2.05) is 0 Å². The van der Waals surface area contributed by atoms with Crippen LogP contribution in [-0.4, -0.2) is 36.4 Å². The predicted octanol–water partition coefficient (Wildman–Crippen LogP) is 0.593. The fourth-order valence-corrected chi connectivity index (χ4v) is 1.36. The Bertz CT molecular complexity index is 187. The molecule has 0 saturated carbocycles. The molecular weight excluding hydrogens is 178 g/mol. The third-order valence-corrected chi connectivity index (χ3v) is 2.21. The molecule has 1 aliphatic heterocycles. The summed E-state index contributed by atoms with van der Waals surface area (Å²) in [6, 6.07) is 0. The Hall–Kier alpha value is -0.710.